The number of phenols is 5. The molecule has 2 fully saturated rings. The van der Waals surface area contributed by atoms with E-state index in [9.17, 15) is 56.2 Å². The topological polar surface area (TPSA) is 271 Å². The number of aliphatic hydroxyl groups is 6. The molecule has 2 saturated heterocycles. The Bertz CT molecular complexity index is 1480. The summed E-state index contributed by atoms with van der Waals surface area (Å²) in [5.41, 5.74) is -0.0505. The Kier molecular flexibility index (Phi) is 8.41. The molecule has 0 unspecified atom stereocenters. The summed E-state index contributed by atoms with van der Waals surface area (Å²) >= 11 is 0. The molecule has 5 rings (SSSR count). The first-order valence-electron chi connectivity index (χ1n) is 13.0. The number of phenolic OH excluding ortho intramolecular Hbond substituents is 5. The van der Waals surface area contributed by atoms with Gasteiger partial charge in [-0.3, -0.25) is 0 Å². The van der Waals surface area contributed by atoms with Crippen molar-refractivity contribution in [3.05, 3.63) is 30.3 Å². The van der Waals surface area contributed by atoms with E-state index in [1.807, 2.05) is 0 Å². The maximum Gasteiger partial charge on any atom is 0.402 e. The van der Waals surface area contributed by atoms with Crippen LogP contribution in [0.5, 0.6) is 34.5 Å². The minimum atomic E-state index is -1.88. The molecule has 16 heteroatoms. The number of aromatic hydroxyl groups is 5. The van der Waals surface area contributed by atoms with E-state index in [0.717, 1.165) is 24.3 Å². The van der Waals surface area contributed by atoms with Gasteiger partial charge in [-0.2, -0.15) is 0 Å². The zero-order chi connectivity index (χ0) is 31.3. The number of benzene rings is 2. The monoisotopic (exact) mass is 611 g/mol. The number of rotatable bonds is 6. The van der Waals surface area contributed by atoms with Gasteiger partial charge in [-0.1, -0.05) is 0 Å². The fourth-order valence-electron chi connectivity index (χ4n) is 4.79. The molecule has 2 aliphatic rings. The SMILES string of the molecule is C[C@@H]1O[C@@H](OC[C@H]2O[C@@H](Oc3cc4c(O)c(O)c(O)cc4[o+]c3-c3ccc(O)c(O)c3)[C@H](O)[C@@H](O)[C@@H]2O)[C@H](O)[C@H](O)[C@H]1O. The Morgan fingerprint density at radius 1 is 0.698 bits per heavy atom. The van der Waals surface area contributed by atoms with E-state index in [1.54, 1.807) is 0 Å². The maximum atomic E-state index is 10.7. The van der Waals surface area contributed by atoms with Crippen molar-refractivity contribution in [2.75, 3.05) is 6.61 Å². The molecule has 234 valence electrons. The van der Waals surface area contributed by atoms with Crippen LogP contribution in [-0.2, 0) is 14.2 Å². The molecule has 3 aromatic rings. The number of hydrogen-bond donors (Lipinski definition) is 11. The van der Waals surface area contributed by atoms with E-state index in [0.29, 0.717) is 0 Å². The largest absolute Gasteiger partial charge is 0.504 e. The van der Waals surface area contributed by atoms with Crippen LogP contribution < -0.4 is 4.74 Å². The highest BCUT2D eigenvalue weighted by atomic mass is 16.7. The summed E-state index contributed by atoms with van der Waals surface area (Å²) in [4.78, 5) is 0. The van der Waals surface area contributed by atoms with Crippen molar-refractivity contribution in [3.8, 4) is 45.8 Å². The van der Waals surface area contributed by atoms with Gasteiger partial charge in [0.2, 0.25) is 17.8 Å². The lowest BCUT2D eigenvalue weighted by Gasteiger charge is -2.42. The van der Waals surface area contributed by atoms with Crippen molar-refractivity contribution >= 4 is 11.0 Å². The summed E-state index contributed by atoms with van der Waals surface area (Å²) in [6.45, 7) is 0.877. The third kappa shape index (κ3) is 5.67. The Morgan fingerprint density at radius 3 is 2.07 bits per heavy atom. The summed E-state index contributed by atoms with van der Waals surface area (Å²) < 4.78 is 28.1. The molecular weight excluding hydrogens is 580 g/mol. The number of hydrogen-bond acceptors (Lipinski definition) is 15. The molecule has 11 N–H and O–H groups in total. The van der Waals surface area contributed by atoms with Crippen LogP contribution in [0, 0.1) is 0 Å². The number of ether oxygens (including phenoxy) is 4. The van der Waals surface area contributed by atoms with Crippen molar-refractivity contribution in [2.24, 2.45) is 0 Å². The predicted molar refractivity (Wildman–Crippen MR) is 140 cm³/mol. The van der Waals surface area contributed by atoms with E-state index in [2.05, 4.69) is 0 Å². The van der Waals surface area contributed by atoms with Gasteiger partial charge in [-0.25, -0.2) is 4.42 Å². The third-order valence-corrected chi connectivity index (χ3v) is 7.35. The second-order valence-corrected chi connectivity index (χ2v) is 10.3. The Balaban J connectivity index is 1.46. The lowest BCUT2D eigenvalue weighted by atomic mass is 9.98. The quantitative estimate of drug-likeness (QED) is 0.117. The molecule has 0 radical (unpaired) electrons. The summed E-state index contributed by atoms with van der Waals surface area (Å²) in [7, 11) is 0. The molecule has 0 bridgehead atoms. The molecule has 43 heavy (non-hydrogen) atoms. The van der Waals surface area contributed by atoms with Crippen molar-refractivity contribution in [1.29, 1.82) is 0 Å². The molecule has 0 spiro atoms. The standard InChI is InChI=1S/C27H30O16/c1-8-17(31)21(35)23(37)26(40-8)39-7-16-20(34)22(36)24(38)27(43-16)42-15-5-10-14(6-13(30)19(33)18(10)32)41-25(15)9-2-3-11(28)12(29)4-9/h2-6,8,16-17,20-24,26-27,31,34-38H,7H2,1H3,(H4-,28,29,30,32,33)/p+1/t8-,16+,17-,20+,21+,22-,23+,24+,26+,27+/m0/s1. The Labute approximate surface area is 242 Å². The van der Waals surface area contributed by atoms with Gasteiger partial charge < -0.3 is 75.1 Å². The molecule has 2 aliphatic heterocycles. The van der Waals surface area contributed by atoms with Gasteiger partial charge in [0.1, 0.15) is 48.1 Å². The fraction of sp³-hybridized carbons (Fsp3) is 0.444. The van der Waals surface area contributed by atoms with Crippen LogP contribution in [0.25, 0.3) is 22.3 Å². The highest BCUT2D eigenvalue weighted by Crippen LogP contribution is 2.46. The predicted octanol–water partition coefficient (Wildman–Crippen LogP) is -1.06. The van der Waals surface area contributed by atoms with E-state index < -0.39 is 96.8 Å². The molecule has 0 aliphatic carbocycles. The second-order valence-electron chi connectivity index (χ2n) is 10.3. The summed E-state index contributed by atoms with van der Waals surface area (Å²) in [6.07, 6.45) is -15.6. The third-order valence-electron chi connectivity index (χ3n) is 7.35. The van der Waals surface area contributed by atoms with E-state index in [-0.39, 0.29) is 28.0 Å². The van der Waals surface area contributed by atoms with Gasteiger partial charge >= 0.3 is 11.3 Å². The molecule has 10 atom stereocenters. The average molecular weight is 612 g/mol. The normalized spacial score (nSPS) is 33.0. The van der Waals surface area contributed by atoms with Crippen LogP contribution in [0.3, 0.4) is 0 Å². The molecular formula is C27H31O16+. The van der Waals surface area contributed by atoms with Crippen LogP contribution in [0.2, 0.25) is 0 Å². The zero-order valence-electron chi connectivity index (χ0n) is 22.3. The smallest absolute Gasteiger partial charge is 0.402 e. The minimum Gasteiger partial charge on any atom is -0.504 e. The molecule has 0 saturated carbocycles. The van der Waals surface area contributed by atoms with Crippen LogP contribution in [0.1, 0.15) is 6.92 Å². The van der Waals surface area contributed by atoms with Crippen LogP contribution in [-0.4, -0.2) is 124 Å². The Hall–Kier alpha value is -3.71. The van der Waals surface area contributed by atoms with Gasteiger partial charge in [0.25, 0.3) is 0 Å². The van der Waals surface area contributed by atoms with Gasteiger partial charge in [-0.05, 0) is 19.1 Å². The minimum absolute atomic E-state index is 0.100. The molecule has 1 aromatic heterocycles. The molecule has 3 heterocycles. The molecule has 16 nitrogen and oxygen atoms in total. The second kappa shape index (κ2) is 11.8. The van der Waals surface area contributed by atoms with Crippen LogP contribution in [0.15, 0.2) is 34.7 Å². The summed E-state index contributed by atoms with van der Waals surface area (Å²) in [5, 5.41) is 112. The van der Waals surface area contributed by atoms with Gasteiger partial charge in [0.15, 0.2) is 29.3 Å². The number of fused-ring (bicyclic) bond motifs is 1. The van der Waals surface area contributed by atoms with E-state index in [1.165, 1.54) is 13.0 Å². The number of aliphatic hydroxyl groups excluding tert-OH is 6. The fourth-order valence-corrected chi connectivity index (χ4v) is 4.79. The van der Waals surface area contributed by atoms with Crippen molar-refractivity contribution in [1.82, 2.24) is 0 Å². The highest BCUT2D eigenvalue weighted by Gasteiger charge is 2.48. The lowest BCUT2D eigenvalue weighted by molar-refractivity contribution is -0.318. The van der Waals surface area contributed by atoms with Gasteiger partial charge in [0, 0.05) is 12.1 Å². The summed E-state index contributed by atoms with van der Waals surface area (Å²) in [6, 6.07) is 5.70. The molecule has 0 amide bonds. The first kappa shape index (κ1) is 30.7. The first-order chi connectivity index (χ1) is 20.3. The molecule has 2 aromatic carbocycles. The van der Waals surface area contributed by atoms with Gasteiger partial charge in [0.05, 0.1) is 24.3 Å². The average Bonchev–Trinajstić information content (AvgIpc) is 2.98. The zero-order valence-corrected chi connectivity index (χ0v) is 22.3. The first-order valence-corrected chi connectivity index (χ1v) is 13.0. The Morgan fingerprint density at radius 2 is 1.37 bits per heavy atom. The van der Waals surface area contributed by atoms with Crippen molar-refractivity contribution < 1.29 is 79.5 Å². The summed E-state index contributed by atoms with van der Waals surface area (Å²) in [5.74, 6) is -3.84. The van der Waals surface area contributed by atoms with Crippen LogP contribution in [0.4, 0.5) is 0 Å². The maximum absolute atomic E-state index is 10.7. The van der Waals surface area contributed by atoms with Crippen molar-refractivity contribution in [2.45, 2.75) is 68.3 Å². The lowest BCUT2D eigenvalue weighted by Crippen LogP contribution is -2.61. The van der Waals surface area contributed by atoms with E-state index in [4.69, 9.17) is 23.4 Å². The highest BCUT2D eigenvalue weighted by molar-refractivity contribution is 5.91. The van der Waals surface area contributed by atoms with Crippen molar-refractivity contribution in [3.63, 3.8) is 0 Å². The van der Waals surface area contributed by atoms with Gasteiger partial charge in [-0.15, -0.1) is 0 Å². The van der Waals surface area contributed by atoms with E-state index >= 15 is 0 Å². The van der Waals surface area contributed by atoms with Crippen LogP contribution >= 0.6 is 0 Å².